The lowest BCUT2D eigenvalue weighted by atomic mass is 10.1. The highest BCUT2D eigenvalue weighted by Gasteiger charge is 2.19. The zero-order valence-corrected chi connectivity index (χ0v) is 11.2. The number of aromatic nitrogens is 2. The van der Waals surface area contributed by atoms with E-state index in [2.05, 4.69) is 36.1 Å². The van der Waals surface area contributed by atoms with E-state index in [1.165, 1.54) is 0 Å². The molecule has 1 N–H and O–H groups in total. The van der Waals surface area contributed by atoms with Gasteiger partial charge in [-0.15, -0.1) is 0 Å². The van der Waals surface area contributed by atoms with Crippen LogP contribution in [0.15, 0.2) is 12.4 Å². The van der Waals surface area contributed by atoms with Crippen LogP contribution in [0, 0.1) is 0 Å². The van der Waals surface area contributed by atoms with E-state index in [9.17, 15) is 0 Å². The molecule has 0 bridgehead atoms. The Hall–Kier alpha value is -1.20. The second kappa shape index (κ2) is 6.11. The summed E-state index contributed by atoms with van der Waals surface area (Å²) in [5, 5.41) is 3.31. The van der Waals surface area contributed by atoms with Gasteiger partial charge in [0.05, 0.1) is 11.8 Å². The minimum Gasteiger partial charge on any atom is -0.475 e. The molecule has 0 saturated carbocycles. The molecule has 1 aliphatic rings. The number of nitrogens with one attached hydrogen (secondary N) is 1. The third-order valence-corrected chi connectivity index (χ3v) is 2.90. The summed E-state index contributed by atoms with van der Waals surface area (Å²) in [6.07, 6.45) is 1.88. The third kappa shape index (κ3) is 3.65. The molecule has 2 rings (SSSR count). The van der Waals surface area contributed by atoms with Gasteiger partial charge in [-0.25, -0.2) is 9.97 Å². The Morgan fingerprint density at radius 3 is 3.00 bits per heavy atom. The van der Waals surface area contributed by atoms with E-state index in [0.29, 0.717) is 18.4 Å². The van der Waals surface area contributed by atoms with Crippen LogP contribution < -0.4 is 10.1 Å². The van der Waals surface area contributed by atoms with Crippen molar-refractivity contribution in [3.63, 3.8) is 0 Å². The van der Waals surface area contributed by atoms with Gasteiger partial charge in [-0.05, 0) is 12.8 Å². The van der Waals surface area contributed by atoms with Crippen LogP contribution in [0.4, 0.5) is 0 Å². The Morgan fingerprint density at radius 1 is 1.44 bits per heavy atom. The normalized spacial score (nSPS) is 24.2. The maximum Gasteiger partial charge on any atom is 0.216 e. The quantitative estimate of drug-likeness (QED) is 0.875. The van der Waals surface area contributed by atoms with Crippen molar-refractivity contribution in [2.45, 2.75) is 38.9 Å². The number of ether oxygens (including phenoxy) is 2. The van der Waals surface area contributed by atoms with Crippen LogP contribution in [0.3, 0.4) is 0 Å². The summed E-state index contributed by atoms with van der Waals surface area (Å²) in [4.78, 5) is 8.33. The molecular formula is C13H21N3O2. The van der Waals surface area contributed by atoms with Crippen molar-refractivity contribution in [2.24, 2.45) is 0 Å². The Kier molecular flexibility index (Phi) is 4.49. The first kappa shape index (κ1) is 13.2. The topological polar surface area (TPSA) is 56.3 Å². The summed E-state index contributed by atoms with van der Waals surface area (Å²) in [6, 6.07) is 1.89. The smallest absolute Gasteiger partial charge is 0.216 e. The van der Waals surface area contributed by atoms with Crippen molar-refractivity contribution in [1.29, 1.82) is 0 Å². The van der Waals surface area contributed by atoms with Gasteiger partial charge >= 0.3 is 0 Å². The van der Waals surface area contributed by atoms with Crippen LogP contribution in [0.25, 0.3) is 0 Å². The third-order valence-electron chi connectivity index (χ3n) is 2.90. The summed E-state index contributed by atoms with van der Waals surface area (Å²) < 4.78 is 11.4. The molecule has 2 unspecified atom stereocenters. The van der Waals surface area contributed by atoms with Crippen molar-refractivity contribution in [1.82, 2.24) is 15.3 Å². The second-order valence-electron chi connectivity index (χ2n) is 4.97. The molecule has 0 aliphatic carbocycles. The summed E-state index contributed by atoms with van der Waals surface area (Å²) >= 11 is 0. The van der Waals surface area contributed by atoms with Crippen LogP contribution in [-0.2, 0) is 4.74 Å². The predicted molar refractivity (Wildman–Crippen MR) is 68.8 cm³/mol. The van der Waals surface area contributed by atoms with Gasteiger partial charge in [0.25, 0.3) is 0 Å². The molecular weight excluding hydrogens is 230 g/mol. The number of hydrogen-bond donors (Lipinski definition) is 1. The maximum atomic E-state index is 5.75. The first-order chi connectivity index (χ1) is 8.65. The molecule has 2 atom stereocenters. The highest BCUT2D eigenvalue weighted by Crippen LogP contribution is 2.15. The van der Waals surface area contributed by atoms with E-state index >= 15 is 0 Å². The van der Waals surface area contributed by atoms with Gasteiger partial charge in [-0.2, -0.15) is 0 Å². The van der Waals surface area contributed by atoms with E-state index < -0.39 is 0 Å². The molecule has 1 saturated heterocycles. The molecule has 0 amide bonds. The standard InChI is InChI=1S/C13H21N3O2/c1-9(2)12-4-13(16-8-15-12)17-7-11-6-14-5-10(3)18-11/h4,8-11,14H,5-7H2,1-3H3. The fourth-order valence-corrected chi connectivity index (χ4v) is 1.90. The average Bonchev–Trinajstić information content (AvgIpc) is 2.37. The first-order valence-electron chi connectivity index (χ1n) is 6.46. The van der Waals surface area contributed by atoms with Crippen molar-refractivity contribution in [3.05, 3.63) is 18.1 Å². The van der Waals surface area contributed by atoms with Crippen molar-refractivity contribution >= 4 is 0 Å². The molecule has 18 heavy (non-hydrogen) atoms. The maximum absolute atomic E-state index is 5.75. The molecule has 0 radical (unpaired) electrons. The average molecular weight is 251 g/mol. The molecule has 5 heteroatoms. The van der Waals surface area contributed by atoms with E-state index in [1.807, 2.05) is 6.07 Å². The molecule has 100 valence electrons. The number of hydrogen-bond acceptors (Lipinski definition) is 5. The van der Waals surface area contributed by atoms with Crippen molar-refractivity contribution < 1.29 is 9.47 Å². The minimum absolute atomic E-state index is 0.0891. The summed E-state index contributed by atoms with van der Waals surface area (Å²) in [6.45, 7) is 8.50. The van der Waals surface area contributed by atoms with Gasteiger partial charge in [0, 0.05) is 19.2 Å². The Morgan fingerprint density at radius 2 is 2.28 bits per heavy atom. The highest BCUT2D eigenvalue weighted by atomic mass is 16.5. The van der Waals surface area contributed by atoms with Crippen molar-refractivity contribution in [2.75, 3.05) is 19.7 Å². The van der Waals surface area contributed by atoms with Gasteiger partial charge in [0.1, 0.15) is 19.0 Å². The van der Waals surface area contributed by atoms with Crippen LogP contribution in [0.2, 0.25) is 0 Å². The van der Waals surface area contributed by atoms with Gasteiger partial charge in [0.15, 0.2) is 0 Å². The van der Waals surface area contributed by atoms with Crippen molar-refractivity contribution in [3.8, 4) is 5.88 Å². The number of morpholine rings is 1. The Labute approximate surface area is 108 Å². The minimum atomic E-state index is 0.0891. The Bertz CT molecular complexity index is 384. The molecule has 1 aromatic heterocycles. The van der Waals surface area contributed by atoms with Crippen LogP contribution in [0.1, 0.15) is 32.4 Å². The van der Waals surface area contributed by atoms with Crippen LogP contribution >= 0.6 is 0 Å². The van der Waals surface area contributed by atoms with E-state index in [0.717, 1.165) is 18.8 Å². The molecule has 1 fully saturated rings. The highest BCUT2D eigenvalue weighted by molar-refractivity contribution is 5.16. The summed E-state index contributed by atoms with van der Waals surface area (Å²) in [7, 11) is 0. The monoisotopic (exact) mass is 251 g/mol. The SMILES string of the molecule is CC1CNCC(COc2cc(C(C)C)ncn2)O1. The predicted octanol–water partition coefficient (Wildman–Crippen LogP) is 1.36. The van der Waals surface area contributed by atoms with Gasteiger partial charge in [-0.1, -0.05) is 13.8 Å². The number of rotatable bonds is 4. The zero-order chi connectivity index (χ0) is 13.0. The van der Waals surface area contributed by atoms with Gasteiger partial charge < -0.3 is 14.8 Å². The summed E-state index contributed by atoms with van der Waals surface area (Å²) in [5.74, 6) is 0.999. The number of nitrogens with zero attached hydrogens (tertiary/aromatic N) is 2. The lowest BCUT2D eigenvalue weighted by molar-refractivity contribution is -0.0476. The first-order valence-corrected chi connectivity index (χ1v) is 6.46. The largest absolute Gasteiger partial charge is 0.475 e. The van der Waals surface area contributed by atoms with Crippen LogP contribution in [0.5, 0.6) is 5.88 Å². The zero-order valence-electron chi connectivity index (χ0n) is 11.2. The summed E-state index contributed by atoms with van der Waals surface area (Å²) in [5.41, 5.74) is 0.996. The van der Waals surface area contributed by atoms with E-state index in [4.69, 9.17) is 9.47 Å². The lowest BCUT2D eigenvalue weighted by Gasteiger charge is -2.28. The molecule has 0 aromatic carbocycles. The Balaban J connectivity index is 1.87. The fraction of sp³-hybridized carbons (Fsp3) is 0.692. The lowest BCUT2D eigenvalue weighted by Crippen LogP contribution is -2.45. The van der Waals surface area contributed by atoms with E-state index in [-0.39, 0.29) is 12.2 Å². The molecule has 2 heterocycles. The molecule has 1 aliphatic heterocycles. The van der Waals surface area contributed by atoms with Crippen LogP contribution in [-0.4, -0.2) is 41.9 Å². The molecule has 5 nitrogen and oxygen atoms in total. The fourth-order valence-electron chi connectivity index (χ4n) is 1.90. The molecule has 1 aromatic rings. The molecule has 0 spiro atoms. The van der Waals surface area contributed by atoms with E-state index in [1.54, 1.807) is 6.33 Å². The van der Waals surface area contributed by atoms with Gasteiger partial charge in [-0.3, -0.25) is 0 Å². The second-order valence-corrected chi connectivity index (χ2v) is 4.97. The van der Waals surface area contributed by atoms with Gasteiger partial charge in [0.2, 0.25) is 5.88 Å².